The molecule has 0 bridgehead atoms. The lowest BCUT2D eigenvalue weighted by Crippen LogP contribution is -1.97. The molecule has 2 N–H and O–H groups in total. The zero-order valence-electron chi connectivity index (χ0n) is 9.07. The Labute approximate surface area is 94.7 Å². The van der Waals surface area contributed by atoms with Gasteiger partial charge in [-0.2, -0.15) is 0 Å². The molecule has 2 rings (SSSR count). The van der Waals surface area contributed by atoms with Crippen molar-refractivity contribution >= 4 is 17.7 Å². The first-order valence-corrected chi connectivity index (χ1v) is 5.09. The lowest BCUT2D eigenvalue weighted by Gasteiger charge is -2.08. The molecular weight excluding hydrogens is 198 g/mol. The normalized spacial score (nSPS) is 9.81. The Morgan fingerprint density at radius 1 is 1.25 bits per heavy atom. The number of rotatable bonds is 3. The standard InChI is InChI=1S/C13H13N3/c1-10-5-6-12(11(8-10)9-14)16-13-4-2-3-7-15-13/h2-9,14H,1H3,(H,15,16). The highest BCUT2D eigenvalue weighted by Gasteiger charge is 2.00. The van der Waals surface area contributed by atoms with E-state index in [-0.39, 0.29) is 0 Å². The molecular formula is C13H13N3. The SMILES string of the molecule is Cc1ccc(Nc2ccccn2)c(C=N)c1. The van der Waals surface area contributed by atoms with Crippen molar-refractivity contribution in [3.05, 3.63) is 53.7 Å². The molecule has 2 aromatic rings. The van der Waals surface area contributed by atoms with Crippen LogP contribution < -0.4 is 5.32 Å². The summed E-state index contributed by atoms with van der Waals surface area (Å²) in [6.45, 7) is 2.01. The van der Waals surface area contributed by atoms with Crippen molar-refractivity contribution in [2.45, 2.75) is 6.92 Å². The number of anilines is 2. The van der Waals surface area contributed by atoms with Gasteiger partial charge < -0.3 is 10.7 Å². The number of pyridine rings is 1. The lowest BCUT2D eigenvalue weighted by atomic mass is 10.1. The van der Waals surface area contributed by atoms with Gasteiger partial charge in [0.05, 0.1) is 0 Å². The highest BCUT2D eigenvalue weighted by Crippen LogP contribution is 2.19. The van der Waals surface area contributed by atoms with Crippen LogP contribution in [-0.4, -0.2) is 11.2 Å². The second-order valence-corrected chi connectivity index (χ2v) is 3.58. The van der Waals surface area contributed by atoms with Crippen LogP contribution in [0.1, 0.15) is 11.1 Å². The van der Waals surface area contributed by atoms with Crippen molar-refractivity contribution in [3.63, 3.8) is 0 Å². The Balaban J connectivity index is 2.31. The molecule has 0 saturated heterocycles. The molecule has 1 heterocycles. The maximum absolute atomic E-state index is 7.36. The fraction of sp³-hybridized carbons (Fsp3) is 0.0769. The molecule has 1 aromatic heterocycles. The summed E-state index contributed by atoms with van der Waals surface area (Å²) in [4.78, 5) is 4.19. The molecule has 0 spiro atoms. The van der Waals surface area contributed by atoms with E-state index in [1.165, 1.54) is 6.21 Å². The summed E-state index contributed by atoms with van der Waals surface area (Å²) < 4.78 is 0. The zero-order chi connectivity index (χ0) is 11.4. The summed E-state index contributed by atoms with van der Waals surface area (Å²) in [5.74, 6) is 0.787. The minimum atomic E-state index is 0.787. The van der Waals surface area contributed by atoms with Crippen LogP contribution >= 0.6 is 0 Å². The van der Waals surface area contributed by atoms with Gasteiger partial charge in [-0.15, -0.1) is 0 Å². The van der Waals surface area contributed by atoms with Crippen molar-refractivity contribution < 1.29 is 0 Å². The Kier molecular flexibility index (Phi) is 2.96. The quantitative estimate of drug-likeness (QED) is 0.766. The van der Waals surface area contributed by atoms with Gasteiger partial charge in [-0.05, 0) is 31.2 Å². The number of nitrogens with zero attached hydrogens (tertiary/aromatic N) is 1. The van der Waals surface area contributed by atoms with Crippen molar-refractivity contribution in [1.82, 2.24) is 4.98 Å². The number of aryl methyl sites for hydroxylation is 1. The number of nitrogens with one attached hydrogen (secondary N) is 2. The number of benzene rings is 1. The molecule has 0 saturated carbocycles. The average molecular weight is 211 g/mol. The van der Waals surface area contributed by atoms with Gasteiger partial charge in [0, 0.05) is 23.7 Å². The van der Waals surface area contributed by atoms with Crippen LogP contribution in [0.5, 0.6) is 0 Å². The molecule has 80 valence electrons. The van der Waals surface area contributed by atoms with Crippen LogP contribution in [0.2, 0.25) is 0 Å². The van der Waals surface area contributed by atoms with Gasteiger partial charge in [0.2, 0.25) is 0 Å². The molecule has 3 heteroatoms. The minimum absolute atomic E-state index is 0.787. The molecule has 0 aliphatic carbocycles. The van der Waals surface area contributed by atoms with E-state index in [1.54, 1.807) is 6.20 Å². The first kappa shape index (κ1) is 10.4. The van der Waals surface area contributed by atoms with E-state index >= 15 is 0 Å². The van der Waals surface area contributed by atoms with Crippen molar-refractivity contribution in [3.8, 4) is 0 Å². The third-order valence-corrected chi connectivity index (χ3v) is 2.29. The number of aromatic nitrogens is 1. The van der Waals surface area contributed by atoms with E-state index in [0.717, 1.165) is 22.6 Å². The highest BCUT2D eigenvalue weighted by atomic mass is 15.0. The Hall–Kier alpha value is -2.16. The molecule has 0 radical (unpaired) electrons. The molecule has 0 unspecified atom stereocenters. The first-order valence-electron chi connectivity index (χ1n) is 5.09. The van der Waals surface area contributed by atoms with Crippen LogP contribution in [-0.2, 0) is 0 Å². The molecule has 0 fully saturated rings. The summed E-state index contributed by atoms with van der Waals surface area (Å²) in [7, 11) is 0. The van der Waals surface area contributed by atoms with Crippen LogP contribution in [0.3, 0.4) is 0 Å². The lowest BCUT2D eigenvalue weighted by molar-refractivity contribution is 1.30. The maximum atomic E-state index is 7.36. The Morgan fingerprint density at radius 2 is 2.12 bits per heavy atom. The summed E-state index contributed by atoms with van der Waals surface area (Å²) in [6, 6.07) is 11.6. The smallest absolute Gasteiger partial charge is 0.130 e. The third-order valence-electron chi connectivity index (χ3n) is 2.29. The van der Waals surface area contributed by atoms with Gasteiger partial charge in [0.15, 0.2) is 0 Å². The fourth-order valence-corrected chi connectivity index (χ4v) is 1.49. The summed E-state index contributed by atoms with van der Waals surface area (Å²) in [5.41, 5.74) is 2.91. The summed E-state index contributed by atoms with van der Waals surface area (Å²) in [5, 5.41) is 10.5. The Bertz CT molecular complexity index is 492. The second-order valence-electron chi connectivity index (χ2n) is 3.58. The van der Waals surface area contributed by atoms with E-state index < -0.39 is 0 Å². The van der Waals surface area contributed by atoms with Crippen LogP contribution in [0.15, 0.2) is 42.6 Å². The van der Waals surface area contributed by atoms with E-state index in [9.17, 15) is 0 Å². The van der Waals surface area contributed by atoms with E-state index in [0.29, 0.717) is 0 Å². The molecule has 0 aliphatic heterocycles. The minimum Gasteiger partial charge on any atom is -0.340 e. The van der Waals surface area contributed by atoms with Crippen LogP contribution in [0, 0.1) is 12.3 Å². The monoisotopic (exact) mass is 211 g/mol. The number of hydrogen-bond acceptors (Lipinski definition) is 3. The fourth-order valence-electron chi connectivity index (χ4n) is 1.49. The van der Waals surface area contributed by atoms with E-state index in [4.69, 9.17) is 5.41 Å². The highest BCUT2D eigenvalue weighted by molar-refractivity contribution is 5.87. The average Bonchev–Trinajstić information content (AvgIpc) is 2.33. The van der Waals surface area contributed by atoms with Gasteiger partial charge in [-0.1, -0.05) is 17.7 Å². The van der Waals surface area contributed by atoms with Crippen molar-refractivity contribution in [2.75, 3.05) is 5.32 Å². The van der Waals surface area contributed by atoms with Crippen LogP contribution in [0.4, 0.5) is 11.5 Å². The molecule has 1 aromatic carbocycles. The van der Waals surface area contributed by atoms with Gasteiger partial charge in [-0.3, -0.25) is 0 Å². The molecule has 16 heavy (non-hydrogen) atoms. The van der Waals surface area contributed by atoms with Crippen molar-refractivity contribution in [2.24, 2.45) is 0 Å². The molecule has 0 atom stereocenters. The summed E-state index contributed by atoms with van der Waals surface area (Å²) in [6.07, 6.45) is 3.08. The Morgan fingerprint density at radius 3 is 2.81 bits per heavy atom. The predicted molar refractivity (Wildman–Crippen MR) is 66.6 cm³/mol. The maximum Gasteiger partial charge on any atom is 0.130 e. The predicted octanol–water partition coefficient (Wildman–Crippen LogP) is 3.13. The third kappa shape index (κ3) is 2.25. The van der Waals surface area contributed by atoms with Gasteiger partial charge in [0.25, 0.3) is 0 Å². The van der Waals surface area contributed by atoms with E-state index in [1.807, 2.05) is 43.3 Å². The first-order chi connectivity index (χ1) is 7.79. The van der Waals surface area contributed by atoms with E-state index in [2.05, 4.69) is 10.3 Å². The second kappa shape index (κ2) is 4.57. The zero-order valence-corrected chi connectivity index (χ0v) is 9.07. The summed E-state index contributed by atoms with van der Waals surface area (Å²) >= 11 is 0. The van der Waals surface area contributed by atoms with Crippen molar-refractivity contribution in [1.29, 1.82) is 5.41 Å². The largest absolute Gasteiger partial charge is 0.340 e. The van der Waals surface area contributed by atoms with Gasteiger partial charge in [0.1, 0.15) is 5.82 Å². The molecule has 0 aliphatic rings. The van der Waals surface area contributed by atoms with Crippen LogP contribution in [0.25, 0.3) is 0 Å². The topological polar surface area (TPSA) is 48.8 Å². The number of hydrogen-bond donors (Lipinski definition) is 2. The molecule has 0 amide bonds. The van der Waals surface area contributed by atoms with Gasteiger partial charge >= 0.3 is 0 Å². The molecule has 3 nitrogen and oxygen atoms in total. The van der Waals surface area contributed by atoms with Gasteiger partial charge in [-0.25, -0.2) is 4.98 Å².